The Morgan fingerprint density at radius 3 is 2.70 bits per heavy atom. The zero-order valence-corrected chi connectivity index (χ0v) is 8.22. The third kappa shape index (κ3) is 4.52. The monoisotopic (exact) mass is 161 g/mol. The van der Waals surface area contributed by atoms with Crippen molar-refractivity contribution in [3.05, 3.63) is 0 Å². The lowest BCUT2D eigenvalue weighted by Gasteiger charge is -2.05. The van der Waals surface area contributed by atoms with E-state index < -0.39 is 9.76 Å². The van der Waals surface area contributed by atoms with Crippen molar-refractivity contribution < 1.29 is 9.22 Å². The third-order valence-corrected chi connectivity index (χ3v) is 2.26. The Morgan fingerprint density at radius 2 is 2.30 bits per heavy atom. The van der Waals surface area contributed by atoms with Crippen LogP contribution < -0.4 is 5.32 Å². The predicted octanol–water partition coefficient (Wildman–Crippen LogP) is -0.554. The molecule has 0 saturated carbocycles. The van der Waals surface area contributed by atoms with Crippen molar-refractivity contribution >= 4 is 15.7 Å². The largest absolute Gasteiger partial charge is 0.523 e. The molecule has 0 rings (SSSR count). The molecule has 0 aliphatic carbocycles. The van der Waals surface area contributed by atoms with E-state index in [0.29, 0.717) is 0 Å². The zero-order chi connectivity index (χ0) is 7.98. The fraction of sp³-hybridized carbons (Fsp3) is 0.833. The number of hydrogen-bond acceptors (Lipinski definition) is 3. The molecule has 0 aromatic rings. The van der Waals surface area contributed by atoms with E-state index in [1.165, 1.54) is 0 Å². The molecular formula is C6H15NO2Si. The van der Waals surface area contributed by atoms with Gasteiger partial charge < -0.3 is 9.74 Å². The van der Waals surface area contributed by atoms with Crippen LogP contribution in [-0.4, -0.2) is 28.9 Å². The lowest BCUT2D eigenvalue weighted by Crippen LogP contribution is -2.22. The minimum atomic E-state index is -0.640. The van der Waals surface area contributed by atoms with E-state index in [9.17, 15) is 4.79 Å². The average Bonchev–Trinajstić information content (AvgIpc) is 1.88. The van der Waals surface area contributed by atoms with Gasteiger partial charge in [-0.2, -0.15) is 0 Å². The van der Waals surface area contributed by atoms with Crippen LogP contribution in [0.25, 0.3) is 0 Å². The van der Waals surface area contributed by atoms with E-state index in [1.807, 2.05) is 20.9 Å². The first-order valence-corrected chi connectivity index (χ1v) is 5.07. The quantitative estimate of drug-likeness (QED) is 0.444. The smallest absolute Gasteiger partial charge is 0.294 e. The van der Waals surface area contributed by atoms with E-state index in [2.05, 4.69) is 5.32 Å². The highest BCUT2D eigenvalue weighted by molar-refractivity contribution is 6.30. The van der Waals surface area contributed by atoms with Crippen molar-refractivity contribution in [1.82, 2.24) is 5.32 Å². The summed E-state index contributed by atoms with van der Waals surface area (Å²) in [5.74, 6) is -0.0497. The van der Waals surface area contributed by atoms with Crippen molar-refractivity contribution in [1.29, 1.82) is 0 Å². The van der Waals surface area contributed by atoms with Crippen LogP contribution in [-0.2, 0) is 9.22 Å². The Balaban J connectivity index is 3.22. The summed E-state index contributed by atoms with van der Waals surface area (Å²) in [5, 5.41) is 2.95. The number of hydrogen-bond donors (Lipinski definition) is 1. The third-order valence-electron chi connectivity index (χ3n) is 1.07. The Morgan fingerprint density at radius 1 is 1.70 bits per heavy atom. The Hall–Kier alpha value is -0.353. The standard InChI is InChI=1S/C6H15NO2Si/c1-5(2)6(8)9-10-4-7-3/h5,7H,4,10H2,1-3H3. The van der Waals surface area contributed by atoms with E-state index in [-0.39, 0.29) is 11.9 Å². The van der Waals surface area contributed by atoms with E-state index in [4.69, 9.17) is 4.43 Å². The highest BCUT2D eigenvalue weighted by Gasteiger charge is 2.06. The van der Waals surface area contributed by atoms with Crippen LogP contribution in [0, 0.1) is 5.92 Å². The van der Waals surface area contributed by atoms with Crippen molar-refractivity contribution in [2.45, 2.75) is 13.8 Å². The minimum absolute atomic E-state index is 0.0179. The number of rotatable bonds is 4. The van der Waals surface area contributed by atoms with Gasteiger partial charge in [-0.25, -0.2) is 0 Å². The van der Waals surface area contributed by atoms with Gasteiger partial charge in [-0.15, -0.1) is 0 Å². The maximum absolute atomic E-state index is 10.8. The molecule has 0 amide bonds. The second-order valence-corrected chi connectivity index (χ2v) is 3.62. The van der Waals surface area contributed by atoms with Gasteiger partial charge in [-0.3, -0.25) is 4.79 Å². The molecule has 1 N–H and O–H groups in total. The molecule has 3 nitrogen and oxygen atoms in total. The molecule has 0 aliphatic rings. The topological polar surface area (TPSA) is 38.3 Å². The lowest BCUT2D eigenvalue weighted by molar-refractivity contribution is -0.137. The van der Waals surface area contributed by atoms with E-state index in [0.717, 1.165) is 6.17 Å². The van der Waals surface area contributed by atoms with Gasteiger partial charge in [0.15, 0.2) is 0 Å². The molecule has 0 aliphatic heterocycles. The molecule has 60 valence electrons. The van der Waals surface area contributed by atoms with E-state index >= 15 is 0 Å². The first-order chi connectivity index (χ1) is 4.68. The first-order valence-electron chi connectivity index (χ1n) is 3.49. The molecule has 0 atom stereocenters. The highest BCUT2D eigenvalue weighted by Crippen LogP contribution is 1.93. The van der Waals surface area contributed by atoms with Crippen molar-refractivity contribution in [2.24, 2.45) is 5.92 Å². The van der Waals surface area contributed by atoms with Gasteiger partial charge in [0.1, 0.15) is 0 Å². The number of carbonyl (C=O) groups is 1. The molecule has 0 radical (unpaired) electrons. The van der Waals surface area contributed by atoms with Crippen LogP contribution in [0.3, 0.4) is 0 Å². The summed E-state index contributed by atoms with van der Waals surface area (Å²) in [7, 11) is 1.22. The molecule has 0 aromatic carbocycles. The summed E-state index contributed by atoms with van der Waals surface area (Å²) in [5.41, 5.74) is 0. The SMILES string of the molecule is CNC[SiH2]OC(=O)C(C)C. The van der Waals surface area contributed by atoms with Crippen molar-refractivity contribution in [3.8, 4) is 0 Å². The van der Waals surface area contributed by atoms with Gasteiger partial charge in [0.2, 0.25) is 9.76 Å². The Bertz CT molecular complexity index is 106. The second kappa shape index (κ2) is 5.43. The average molecular weight is 161 g/mol. The van der Waals surface area contributed by atoms with Crippen molar-refractivity contribution in [2.75, 3.05) is 13.2 Å². The summed E-state index contributed by atoms with van der Waals surface area (Å²) in [4.78, 5) is 10.8. The molecule has 0 unspecified atom stereocenters. The van der Waals surface area contributed by atoms with Gasteiger partial charge in [-0.05, 0) is 7.05 Å². The molecule has 0 fully saturated rings. The molecular weight excluding hydrogens is 146 g/mol. The maximum Gasteiger partial charge on any atom is 0.294 e. The molecule has 4 heteroatoms. The molecule has 0 heterocycles. The fourth-order valence-corrected chi connectivity index (χ4v) is 1.26. The molecule has 0 bridgehead atoms. The maximum atomic E-state index is 10.8. The summed E-state index contributed by atoms with van der Waals surface area (Å²) < 4.78 is 4.98. The summed E-state index contributed by atoms with van der Waals surface area (Å²) in [6, 6.07) is 0. The Kier molecular flexibility index (Phi) is 5.24. The number of nitrogens with one attached hydrogen (secondary N) is 1. The van der Waals surface area contributed by atoms with Crippen LogP contribution in [0.15, 0.2) is 0 Å². The van der Waals surface area contributed by atoms with Gasteiger partial charge >= 0.3 is 0 Å². The van der Waals surface area contributed by atoms with Gasteiger partial charge in [0.25, 0.3) is 5.97 Å². The summed E-state index contributed by atoms with van der Waals surface area (Å²) in [6.45, 7) is 3.69. The zero-order valence-electron chi connectivity index (χ0n) is 6.81. The van der Waals surface area contributed by atoms with Crippen molar-refractivity contribution in [3.63, 3.8) is 0 Å². The van der Waals surface area contributed by atoms with E-state index in [1.54, 1.807) is 0 Å². The molecule has 0 aromatic heterocycles. The normalized spacial score (nSPS) is 11.2. The fourth-order valence-electron chi connectivity index (χ4n) is 0.420. The van der Waals surface area contributed by atoms with Crippen LogP contribution in [0.1, 0.15) is 13.8 Å². The van der Waals surface area contributed by atoms with Gasteiger partial charge in [0, 0.05) is 12.1 Å². The molecule has 10 heavy (non-hydrogen) atoms. The lowest BCUT2D eigenvalue weighted by atomic mass is 10.2. The first kappa shape index (κ1) is 9.65. The summed E-state index contributed by atoms with van der Waals surface area (Å²) in [6.07, 6.45) is 0.860. The summed E-state index contributed by atoms with van der Waals surface area (Å²) >= 11 is 0. The van der Waals surface area contributed by atoms with Crippen LogP contribution in [0.4, 0.5) is 0 Å². The minimum Gasteiger partial charge on any atom is -0.523 e. The predicted molar refractivity (Wildman–Crippen MR) is 43.4 cm³/mol. The highest BCUT2D eigenvalue weighted by atomic mass is 28.2. The van der Waals surface area contributed by atoms with Gasteiger partial charge in [-0.1, -0.05) is 13.8 Å². The van der Waals surface area contributed by atoms with Crippen LogP contribution in [0.5, 0.6) is 0 Å². The second-order valence-electron chi connectivity index (χ2n) is 2.43. The van der Waals surface area contributed by atoms with Crippen LogP contribution >= 0.6 is 0 Å². The molecule has 0 spiro atoms. The molecule has 0 saturated heterocycles. The van der Waals surface area contributed by atoms with Crippen LogP contribution in [0.2, 0.25) is 0 Å². The number of carbonyl (C=O) groups excluding carboxylic acids is 1. The Labute approximate surface area is 64.1 Å². The van der Waals surface area contributed by atoms with Gasteiger partial charge in [0.05, 0.1) is 0 Å².